The zero-order chi connectivity index (χ0) is 12.8. The summed E-state index contributed by atoms with van der Waals surface area (Å²) in [5.41, 5.74) is 1.22. The van der Waals surface area contributed by atoms with Gasteiger partial charge in [-0.15, -0.1) is 0 Å². The SMILES string of the molecule is Fc1ccc(C(CBr)CCCC2CCCO2)cc1. The summed E-state index contributed by atoms with van der Waals surface area (Å²) in [6.45, 7) is 0.935. The van der Waals surface area contributed by atoms with Gasteiger partial charge in [0.15, 0.2) is 0 Å². The third kappa shape index (κ3) is 4.06. The minimum atomic E-state index is -0.161. The van der Waals surface area contributed by atoms with Crippen molar-refractivity contribution in [2.75, 3.05) is 11.9 Å². The van der Waals surface area contributed by atoms with Crippen LogP contribution in [-0.4, -0.2) is 18.0 Å². The summed E-state index contributed by atoms with van der Waals surface area (Å²) in [4.78, 5) is 0. The highest BCUT2D eigenvalue weighted by atomic mass is 79.9. The normalized spacial score (nSPS) is 21.1. The molecule has 0 aliphatic carbocycles. The molecule has 0 aromatic heterocycles. The lowest BCUT2D eigenvalue weighted by Crippen LogP contribution is -2.07. The van der Waals surface area contributed by atoms with Gasteiger partial charge >= 0.3 is 0 Å². The van der Waals surface area contributed by atoms with E-state index in [1.54, 1.807) is 12.1 Å². The second-order valence-corrected chi connectivity index (χ2v) is 5.62. The zero-order valence-corrected chi connectivity index (χ0v) is 12.2. The Morgan fingerprint density at radius 3 is 2.72 bits per heavy atom. The van der Waals surface area contributed by atoms with Crippen molar-refractivity contribution in [3.63, 3.8) is 0 Å². The van der Waals surface area contributed by atoms with Crippen molar-refractivity contribution in [1.82, 2.24) is 0 Å². The Morgan fingerprint density at radius 1 is 1.33 bits per heavy atom. The smallest absolute Gasteiger partial charge is 0.123 e. The lowest BCUT2D eigenvalue weighted by molar-refractivity contribution is 0.102. The minimum Gasteiger partial charge on any atom is -0.378 e. The van der Waals surface area contributed by atoms with Crippen LogP contribution >= 0.6 is 15.9 Å². The second-order valence-electron chi connectivity index (χ2n) is 4.97. The Balaban J connectivity index is 1.79. The van der Waals surface area contributed by atoms with Gasteiger partial charge in [0.25, 0.3) is 0 Å². The van der Waals surface area contributed by atoms with Crippen LogP contribution in [0.25, 0.3) is 0 Å². The maximum atomic E-state index is 12.9. The Hall–Kier alpha value is -0.410. The molecule has 1 aromatic rings. The Labute approximate surface area is 117 Å². The highest BCUT2D eigenvalue weighted by Crippen LogP contribution is 2.26. The lowest BCUT2D eigenvalue weighted by Gasteiger charge is -2.16. The largest absolute Gasteiger partial charge is 0.378 e. The van der Waals surface area contributed by atoms with Crippen LogP contribution in [-0.2, 0) is 4.74 Å². The third-order valence-electron chi connectivity index (χ3n) is 3.63. The second kappa shape index (κ2) is 7.25. The van der Waals surface area contributed by atoms with E-state index in [9.17, 15) is 4.39 Å². The molecule has 1 saturated heterocycles. The first-order chi connectivity index (χ1) is 8.79. The number of rotatable bonds is 6. The molecule has 0 saturated carbocycles. The van der Waals surface area contributed by atoms with Gasteiger partial charge in [0.05, 0.1) is 6.10 Å². The third-order valence-corrected chi connectivity index (χ3v) is 4.41. The van der Waals surface area contributed by atoms with Crippen LogP contribution < -0.4 is 0 Å². The summed E-state index contributed by atoms with van der Waals surface area (Å²) in [5.74, 6) is 0.318. The predicted octanol–water partition coefficient (Wildman–Crippen LogP) is 4.65. The standard InChI is InChI=1S/C15H20BrFO/c16-11-13(12-6-8-14(17)9-7-12)3-1-4-15-5-2-10-18-15/h6-9,13,15H,1-5,10-11H2. The Morgan fingerprint density at radius 2 is 2.11 bits per heavy atom. The molecule has 1 aromatic carbocycles. The minimum absolute atomic E-state index is 0.161. The number of hydrogen-bond acceptors (Lipinski definition) is 1. The van der Waals surface area contributed by atoms with Crippen molar-refractivity contribution >= 4 is 15.9 Å². The summed E-state index contributed by atoms with van der Waals surface area (Å²) in [7, 11) is 0. The van der Waals surface area contributed by atoms with Crippen molar-refractivity contribution in [3.05, 3.63) is 35.6 Å². The van der Waals surface area contributed by atoms with Crippen LogP contribution in [0.2, 0.25) is 0 Å². The van der Waals surface area contributed by atoms with E-state index in [1.165, 1.54) is 24.8 Å². The zero-order valence-electron chi connectivity index (χ0n) is 10.6. The van der Waals surface area contributed by atoms with E-state index in [4.69, 9.17) is 4.74 Å². The first kappa shape index (κ1) is 14.0. The average Bonchev–Trinajstić information content (AvgIpc) is 2.89. The molecule has 1 aliphatic heterocycles. The van der Waals surface area contributed by atoms with Gasteiger partial charge in [-0.05, 0) is 49.3 Å². The van der Waals surface area contributed by atoms with Crippen LogP contribution in [0.15, 0.2) is 24.3 Å². The molecule has 3 heteroatoms. The fourth-order valence-corrected chi connectivity index (χ4v) is 3.23. The summed E-state index contributed by atoms with van der Waals surface area (Å²) < 4.78 is 18.5. The molecule has 100 valence electrons. The van der Waals surface area contributed by atoms with Gasteiger partial charge in [-0.1, -0.05) is 34.5 Å². The van der Waals surface area contributed by atoms with Crippen LogP contribution in [0.4, 0.5) is 4.39 Å². The molecular weight excluding hydrogens is 295 g/mol. The first-order valence-electron chi connectivity index (χ1n) is 6.72. The molecule has 18 heavy (non-hydrogen) atoms. The number of hydrogen-bond donors (Lipinski definition) is 0. The molecule has 1 heterocycles. The molecule has 0 N–H and O–H groups in total. The van der Waals surface area contributed by atoms with E-state index in [2.05, 4.69) is 15.9 Å². The Kier molecular flexibility index (Phi) is 5.64. The predicted molar refractivity (Wildman–Crippen MR) is 75.8 cm³/mol. The molecule has 0 amide bonds. The van der Waals surface area contributed by atoms with Gasteiger partial charge in [-0.25, -0.2) is 4.39 Å². The number of halogens is 2. The van der Waals surface area contributed by atoms with Crippen LogP contribution in [0.5, 0.6) is 0 Å². The van der Waals surface area contributed by atoms with Crippen molar-refractivity contribution in [2.45, 2.75) is 44.1 Å². The summed E-state index contributed by atoms with van der Waals surface area (Å²) in [5, 5.41) is 0.935. The number of alkyl halides is 1. The topological polar surface area (TPSA) is 9.23 Å². The van der Waals surface area contributed by atoms with E-state index in [-0.39, 0.29) is 5.82 Å². The van der Waals surface area contributed by atoms with Crippen molar-refractivity contribution < 1.29 is 9.13 Å². The van der Waals surface area contributed by atoms with E-state index in [0.717, 1.165) is 24.8 Å². The summed E-state index contributed by atoms with van der Waals surface area (Å²) >= 11 is 3.56. The quantitative estimate of drug-likeness (QED) is 0.694. The van der Waals surface area contributed by atoms with Gasteiger partial charge < -0.3 is 4.74 Å². The molecule has 1 aliphatic rings. The fourth-order valence-electron chi connectivity index (χ4n) is 2.53. The molecule has 2 atom stereocenters. The molecular formula is C15H20BrFO. The Bertz CT molecular complexity index is 346. The van der Waals surface area contributed by atoms with Crippen LogP contribution in [0.3, 0.4) is 0 Å². The monoisotopic (exact) mass is 314 g/mol. The molecule has 1 fully saturated rings. The molecule has 0 radical (unpaired) electrons. The van der Waals surface area contributed by atoms with Gasteiger partial charge in [0.1, 0.15) is 5.82 Å². The highest BCUT2D eigenvalue weighted by Gasteiger charge is 2.16. The first-order valence-corrected chi connectivity index (χ1v) is 7.85. The van der Waals surface area contributed by atoms with Gasteiger partial charge in [0, 0.05) is 11.9 Å². The van der Waals surface area contributed by atoms with Crippen molar-refractivity contribution in [1.29, 1.82) is 0 Å². The van der Waals surface area contributed by atoms with Crippen LogP contribution in [0.1, 0.15) is 43.6 Å². The highest BCUT2D eigenvalue weighted by molar-refractivity contribution is 9.09. The summed E-state index contributed by atoms with van der Waals surface area (Å²) in [6.07, 6.45) is 6.38. The molecule has 0 spiro atoms. The van der Waals surface area contributed by atoms with Gasteiger partial charge in [-0.3, -0.25) is 0 Å². The molecule has 1 nitrogen and oxygen atoms in total. The maximum absolute atomic E-state index is 12.9. The maximum Gasteiger partial charge on any atom is 0.123 e. The van der Waals surface area contributed by atoms with Crippen molar-refractivity contribution in [2.24, 2.45) is 0 Å². The fraction of sp³-hybridized carbons (Fsp3) is 0.600. The van der Waals surface area contributed by atoms with Gasteiger partial charge in [0.2, 0.25) is 0 Å². The van der Waals surface area contributed by atoms with Crippen molar-refractivity contribution in [3.8, 4) is 0 Å². The lowest BCUT2D eigenvalue weighted by atomic mass is 9.94. The van der Waals surface area contributed by atoms with E-state index in [1.807, 2.05) is 12.1 Å². The van der Waals surface area contributed by atoms with E-state index >= 15 is 0 Å². The summed E-state index contributed by atoms with van der Waals surface area (Å²) in [6, 6.07) is 6.89. The number of benzene rings is 1. The van der Waals surface area contributed by atoms with E-state index in [0.29, 0.717) is 12.0 Å². The van der Waals surface area contributed by atoms with Crippen LogP contribution in [0, 0.1) is 5.82 Å². The molecule has 0 bridgehead atoms. The molecule has 2 unspecified atom stereocenters. The average molecular weight is 315 g/mol. The van der Waals surface area contributed by atoms with E-state index < -0.39 is 0 Å². The molecule has 2 rings (SSSR count). The number of ether oxygens (including phenoxy) is 1. The van der Waals surface area contributed by atoms with Gasteiger partial charge in [-0.2, -0.15) is 0 Å².